The number of nitrogens with zero attached hydrogens (tertiary/aromatic N) is 2. The van der Waals surface area contributed by atoms with Crippen LogP contribution in [0.2, 0.25) is 0 Å². The molecule has 0 fully saturated rings. The van der Waals surface area contributed by atoms with Crippen molar-refractivity contribution < 1.29 is 0 Å². The fourth-order valence-corrected chi connectivity index (χ4v) is 4.24. The third kappa shape index (κ3) is 2.16. The predicted molar refractivity (Wildman–Crippen MR) is 57.0 cm³/mol. The van der Waals surface area contributed by atoms with E-state index in [-0.39, 0.29) is 0 Å². The van der Waals surface area contributed by atoms with Gasteiger partial charge in [0, 0.05) is 0 Å². The van der Waals surface area contributed by atoms with Crippen LogP contribution in [0.4, 0.5) is 0 Å². The number of rotatable bonds is 5. The molecule has 0 saturated heterocycles. The van der Waals surface area contributed by atoms with Gasteiger partial charge in [-0.15, -0.1) is 6.58 Å². The molecule has 3 nitrogen and oxygen atoms in total. The molecule has 1 N–H and O–H groups in total. The van der Waals surface area contributed by atoms with Gasteiger partial charge < -0.3 is 14.1 Å². The van der Waals surface area contributed by atoms with E-state index in [0.29, 0.717) is 0 Å². The highest BCUT2D eigenvalue weighted by molar-refractivity contribution is 6.76. The first kappa shape index (κ1) is 11.8. The van der Waals surface area contributed by atoms with Crippen molar-refractivity contribution in [1.82, 2.24) is 14.1 Å². The van der Waals surface area contributed by atoms with Crippen molar-refractivity contribution in [2.75, 3.05) is 34.7 Å². The topological polar surface area (TPSA) is 18.5 Å². The largest absolute Gasteiger partial charge is 0.311 e. The molecule has 72 valence electrons. The summed E-state index contributed by atoms with van der Waals surface area (Å²) in [6.45, 7) is 7.01. The molecule has 0 aliphatic heterocycles. The van der Waals surface area contributed by atoms with E-state index in [9.17, 15) is 0 Å². The van der Waals surface area contributed by atoms with Gasteiger partial charge in [-0.25, -0.2) is 0 Å². The summed E-state index contributed by atoms with van der Waals surface area (Å²) in [5.41, 5.74) is 2.05. The van der Waals surface area contributed by atoms with Gasteiger partial charge in [0.25, 0.3) is 0 Å². The van der Waals surface area contributed by atoms with Gasteiger partial charge in [-0.05, 0) is 34.7 Å². The lowest BCUT2D eigenvalue weighted by Gasteiger charge is -2.39. The minimum Gasteiger partial charge on any atom is -0.310 e. The molecule has 0 saturated carbocycles. The maximum Gasteiger partial charge on any atom is 0.311 e. The van der Waals surface area contributed by atoms with Crippen LogP contribution in [0.25, 0.3) is 0 Å². The fourth-order valence-electron chi connectivity index (χ4n) is 1.41. The Bertz CT molecular complexity index is 137. The summed E-state index contributed by atoms with van der Waals surface area (Å²) in [6.07, 6.45) is 0. The standard InChI is InChI=1S/C8H21N3Si/c1-7-9-12(8-2,10(3)4)11(5)6/h8-9H,2,7H2,1,3-6H3. The summed E-state index contributed by atoms with van der Waals surface area (Å²) >= 11 is 0. The average molecular weight is 187 g/mol. The van der Waals surface area contributed by atoms with Crippen LogP contribution in [0.3, 0.4) is 0 Å². The van der Waals surface area contributed by atoms with Gasteiger partial charge in [-0.1, -0.05) is 12.6 Å². The third-order valence-electron chi connectivity index (χ3n) is 2.09. The molecule has 0 amide bonds. The molecule has 0 aromatic carbocycles. The van der Waals surface area contributed by atoms with Crippen molar-refractivity contribution in [2.45, 2.75) is 6.92 Å². The number of nitrogens with one attached hydrogen (secondary N) is 1. The van der Waals surface area contributed by atoms with Crippen molar-refractivity contribution >= 4 is 8.56 Å². The Morgan fingerprint density at radius 3 is 1.75 bits per heavy atom. The van der Waals surface area contributed by atoms with Gasteiger partial charge in [0.1, 0.15) is 0 Å². The van der Waals surface area contributed by atoms with Crippen molar-refractivity contribution in [2.24, 2.45) is 0 Å². The van der Waals surface area contributed by atoms with Gasteiger partial charge >= 0.3 is 8.56 Å². The zero-order valence-corrected chi connectivity index (χ0v) is 9.89. The Labute approximate surface area is 77.3 Å². The minimum atomic E-state index is -1.74. The Morgan fingerprint density at radius 1 is 1.25 bits per heavy atom. The molecule has 0 aliphatic carbocycles. The lowest BCUT2D eigenvalue weighted by atomic mass is 10.8. The maximum absolute atomic E-state index is 3.91. The van der Waals surface area contributed by atoms with Crippen LogP contribution in [0, 0.1) is 0 Å². The summed E-state index contributed by atoms with van der Waals surface area (Å²) in [5, 5.41) is 0. The Morgan fingerprint density at radius 2 is 1.67 bits per heavy atom. The summed E-state index contributed by atoms with van der Waals surface area (Å²) in [7, 11) is 6.63. The van der Waals surface area contributed by atoms with Crippen molar-refractivity contribution in [3.05, 3.63) is 12.3 Å². The van der Waals surface area contributed by atoms with Crippen LogP contribution < -0.4 is 4.98 Å². The lowest BCUT2D eigenvalue weighted by molar-refractivity contribution is 0.471. The van der Waals surface area contributed by atoms with E-state index in [1.54, 1.807) is 0 Å². The van der Waals surface area contributed by atoms with Crippen LogP contribution in [-0.4, -0.2) is 52.4 Å². The Hall–Kier alpha value is -0.163. The van der Waals surface area contributed by atoms with E-state index in [1.807, 2.05) is 0 Å². The molecule has 0 rings (SSSR count). The minimum absolute atomic E-state index is 0.981. The maximum atomic E-state index is 3.91. The van der Waals surface area contributed by atoms with Crippen LogP contribution >= 0.6 is 0 Å². The summed E-state index contributed by atoms with van der Waals surface area (Å²) < 4.78 is 4.48. The highest BCUT2D eigenvalue weighted by atomic mass is 28.4. The molecule has 0 unspecified atom stereocenters. The van der Waals surface area contributed by atoms with E-state index < -0.39 is 8.56 Å². The molecule has 0 aliphatic rings. The van der Waals surface area contributed by atoms with Gasteiger partial charge in [0.15, 0.2) is 0 Å². The van der Waals surface area contributed by atoms with E-state index in [2.05, 4.69) is 61.5 Å². The predicted octanol–water partition coefficient (Wildman–Crippen LogP) is 0.383. The second kappa shape index (κ2) is 4.76. The highest BCUT2D eigenvalue weighted by Crippen LogP contribution is 2.05. The second-order valence-corrected chi connectivity index (χ2v) is 7.25. The molecule has 0 bridgehead atoms. The quantitative estimate of drug-likeness (QED) is 0.628. The highest BCUT2D eigenvalue weighted by Gasteiger charge is 2.35. The molecule has 12 heavy (non-hydrogen) atoms. The first-order chi connectivity index (χ1) is 5.51. The molecular weight excluding hydrogens is 166 g/mol. The molecule has 0 aromatic heterocycles. The molecule has 0 aromatic rings. The van der Waals surface area contributed by atoms with Gasteiger partial charge in [0.05, 0.1) is 0 Å². The van der Waals surface area contributed by atoms with E-state index in [0.717, 1.165) is 6.54 Å². The monoisotopic (exact) mass is 187 g/mol. The smallest absolute Gasteiger partial charge is 0.310 e. The number of hydrogen-bond acceptors (Lipinski definition) is 3. The molecule has 4 heteroatoms. The van der Waals surface area contributed by atoms with E-state index in [4.69, 9.17) is 0 Å². The molecule has 0 atom stereocenters. The SMILES string of the molecule is C=C[Si](NCC)(N(C)C)N(C)C. The fraction of sp³-hybridized carbons (Fsp3) is 0.750. The first-order valence-electron chi connectivity index (χ1n) is 4.24. The zero-order valence-electron chi connectivity index (χ0n) is 8.89. The molecule has 0 spiro atoms. The van der Waals surface area contributed by atoms with Crippen LogP contribution in [0.5, 0.6) is 0 Å². The summed E-state index contributed by atoms with van der Waals surface area (Å²) in [5.74, 6) is 0. The second-order valence-electron chi connectivity index (χ2n) is 3.25. The summed E-state index contributed by atoms with van der Waals surface area (Å²) in [4.78, 5) is 3.52. The van der Waals surface area contributed by atoms with Crippen LogP contribution in [0.15, 0.2) is 12.3 Å². The average Bonchev–Trinajstić information content (AvgIpc) is 1.98. The van der Waals surface area contributed by atoms with Crippen molar-refractivity contribution in [1.29, 1.82) is 0 Å². The number of hydrogen-bond donors (Lipinski definition) is 1. The third-order valence-corrected chi connectivity index (χ3v) is 6.26. The van der Waals surface area contributed by atoms with Crippen molar-refractivity contribution in [3.63, 3.8) is 0 Å². The lowest BCUT2D eigenvalue weighted by Crippen LogP contribution is -2.69. The van der Waals surface area contributed by atoms with E-state index >= 15 is 0 Å². The summed E-state index contributed by atoms with van der Waals surface area (Å²) in [6, 6.07) is 0. The zero-order chi connectivity index (χ0) is 9.78. The Balaban J connectivity index is 4.63. The van der Waals surface area contributed by atoms with Gasteiger partial charge in [-0.3, -0.25) is 0 Å². The first-order valence-corrected chi connectivity index (χ1v) is 6.22. The van der Waals surface area contributed by atoms with Crippen LogP contribution in [0.1, 0.15) is 6.92 Å². The van der Waals surface area contributed by atoms with E-state index in [1.165, 1.54) is 0 Å². The van der Waals surface area contributed by atoms with Gasteiger partial charge in [-0.2, -0.15) is 0 Å². The molecular formula is C8H21N3Si. The normalized spacial score (nSPS) is 12.6. The Kier molecular flexibility index (Phi) is 4.70. The molecule has 0 heterocycles. The van der Waals surface area contributed by atoms with Crippen LogP contribution in [-0.2, 0) is 0 Å². The molecule has 0 radical (unpaired) electrons. The van der Waals surface area contributed by atoms with Crippen molar-refractivity contribution in [3.8, 4) is 0 Å². The van der Waals surface area contributed by atoms with Gasteiger partial charge in [0.2, 0.25) is 0 Å².